The van der Waals surface area contributed by atoms with Gasteiger partial charge in [-0.25, -0.2) is 13.6 Å². The summed E-state index contributed by atoms with van der Waals surface area (Å²) in [5, 5.41) is 1.81. The minimum absolute atomic E-state index is 0.0542. The van der Waals surface area contributed by atoms with Gasteiger partial charge in [-0.15, -0.1) is 23.5 Å². The van der Waals surface area contributed by atoms with Crippen LogP contribution >= 0.6 is 39.5 Å². The molecule has 148 valence electrons. The van der Waals surface area contributed by atoms with Crippen molar-refractivity contribution in [2.45, 2.75) is 4.58 Å². The molecular formula is C18H14BrF2NO4S2. The van der Waals surface area contributed by atoms with Crippen molar-refractivity contribution in [3.63, 3.8) is 0 Å². The monoisotopic (exact) mass is 489 g/mol. The number of nitrogens with one attached hydrogen (secondary N) is 1. The molecule has 0 radical (unpaired) electrons. The summed E-state index contributed by atoms with van der Waals surface area (Å²) in [4.78, 5) is 24.1. The highest BCUT2D eigenvalue weighted by molar-refractivity contribution is 9.10. The van der Waals surface area contributed by atoms with E-state index in [1.807, 2.05) is 5.32 Å². The molecule has 1 aliphatic heterocycles. The van der Waals surface area contributed by atoms with Crippen LogP contribution in [0, 0.1) is 11.6 Å². The number of carbonyl (C=O) groups excluding carboxylic acids is 2. The zero-order chi connectivity index (χ0) is 20.3. The Kier molecular flexibility index (Phi) is 6.84. The van der Waals surface area contributed by atoms with Crippen molar-refractivity contribution < 1.29 is 27.8 Å². The van der Waals surface area contributed by atoms with Crippen molar-refractivity contribution in [1.82, 2.24) is 5.32 Å². The minimum Gasteiger partial charge on any atom is -0.493 e. The summed E-state index contributed by atoms with van der Waals surface area (Å²) in [6.45, 7) is 0. The van der Waals surface area contributed by atoms with Gasteiger partial charge in [0.1, 0.15) is 17.2 Å². The Morgan fingerprint density at radius 2 is 1.82 bits per heavy atom. The van der Waals surface area contributed by atoms with Crippen molar-refractivity contribution in [2.24, 2.45) is 0 Å². The van der Waals surface area contributed by atoms with E-state index in [0.29, 0.717) is 4.47 Å². The fourth-order valence-electron chi connectivity index (χ4n) is 2.51. The Balaban J connectivity index is 1.77. The molecule has 0 bridgehead atoms. The average Bonchev–Trinajstić information content (AvgIpc) is 3.17. The number of halogens is 3. The first-order valence-corrected chi connectivity index (χ1v) is 10.9. The summed E-state index contributed by atoms with van der Waals surface area (Å²) >= 11 is 6.95. The van der Waals surface area contributed by atoms with Gasteiger partial charge in [-0.2, -0.15) is 0 Å². The molecule has 1 aliphatic rings. The Morgan fingerprint density at radius 1 is 1.18 bits per heavy atom. The lowest BCUT2D eigenvalue weighted by Gasteiger charge is -2.15. The normalized spacial score (nSPS) is 14.0. The van der Waals surface area contributed by atoms with Crippen molar-refractivity contribution in [3.8, 4) is 11.5 Å². The number of amides is 2. The van der Waals surface area contributed by atoms with E-state index >= 15 is 0 Å². The van der Waals surface area contributed by atoms with E-state index in [2.05, 4.69) is 15.9 Å². The van der Waals surface area contributed by atoms with Crippen LogP contribution in [0.4, 0.5) is 13.6 Å². The Labute approximate surface area is 176 Å². The van der Waals surface area contributed by atoms with Crippen molar-refractivity contribution in [1.29, 1.82) is 0 Å². The summed E-state index contributed by atoms with van der Waals surface area (Å²) < 4.78 is 38.5. The number of hydrogen-bond acceptors (Lipinski definition) is 6. The van der Waals surface area contributed by atoms with E-state index in [9.17, 15) is 18.4 Å². The zero-order valence-electron chi connectivity index (χ0n) is 14.5. The quantitative estimate of drug-likeness (QED) is 0.640. The van der Waals surface area contributed by atoms with E-state index in [1.165, 1.54) is 7.11 Å². The number of benzene rings is 2. The number of rotatable bonds is 4. The molecule has 10 heteroatoms. The van der Waals surface area contributed by atoms with Crippen LogP contribution in [0.15, 0.2) is 34.8 Å². The Hall–Kier alpha value is -1.78. The molecule has 2 amide bonds. The molecule has 0 aromatic heterocycles. The van der Waals surface area contributed by atoms with Gasteiger partial charge in [0.2, 0.25) is 0 Å². The summed E-state index contributed by atoms with van der Waals surface area (Å²) in [5.74, 6) is -0.975. The van der Waals surface area contributed by atoms with Crippen molar-refractivity contribution in [3.05, 3.63) is 57.6 Å². The summed E-state index contributed by atoms with van der Waals surface area (Å²) in [6.07, 6.45) is -1.19. The molecular weight excluding hydrogens is 476 g/mol. The fraction of sp³-hybridized carbons (Fsp3) is 0.222. The van der Waals surface area contributed by atoms with E-state index in [-0.39, 0.29) is 16.1 Å². The third-order valence-corrected chi connectivity index (χ3v) is 7.44. The molecule has 0 saturated carbocycles. The van der Waals surface area contributed by atoms with Gasteiger partial charge in [-0.05, 0) is 45.8 Å². The lowest BCUT2D eigenvalue weighted by molar-refractivity contribution is 0.0942. The summed E-state index contributed by atoms with van der Waals surface area (Å²) in [6, 6.07) is 6.51. The predicted octanol–water partition coefficient (Wildman–Crippen LogP) is 5.14. The van der Waals surface area contributed by atoms with Crippen LogP contribution in [0.5, 0.6) is 11.5 Å². The number of hydrogen-bond donors (Lipinski definition) is 1. The number of thioether (sulfide) groups is 2. The molecule has 2 aromatic rings. The SMILES string of the molecule is COc1cc(C2SCCS2)cc(Br)c1OC(=O)NC(=O)c1c(F)cccc1F. The number of imide groups is 1. The summed E-state index contributed by atoms with van der Waals surface area (Å²) in [7, 11) is 1.42. The molecule has 1 heterocycles. The van der Waals surface area contributed by atoms with Crippen LogP contribution in [0.1, 0.15) is 20.5 Å². The van der Waals surface area contributed by atoms with Crippen molar-refractivity contribution >= 4 is 51.5 Å². The second-order valence-electron chi connectivity index (χ2n) is 5.55. The standard InChI is InChI=1S/C18H14BrF2NO4S2/c1-25-13-8-9(17-27-5-6-28-17)7-10(19)15(13)26-18(24)22-16(23)14-11(20)3-2-4-12(14)21/h2-4,7-8,17H,5-6H2,1H3,(H,22,23,24). The third-order valence-electron chi connectivity index (χ3n) is 3.75. The number of methoxy groups -OCH3 is 1. The van der Waals surface area contributed by atoms with Gasteiger partial charge >= 0.3 is 6.09 Å². The van der Waals surface area contributed by atoms with Crippen LogP contribution in [-0.2, 0) is 0 Å². The average molecular weight is 490 g/mol. The molecule has 1 saturated heterocycles. The van der Waals surface area contributed by atoms with Crippen molar-refractivity contribution in [2.75, 3.05) is 18.6 Å². The maximum atomic E-state index is 13.7. The van der Waals surface area contributed by atoms with E-state index in [1.54, 1.807) is 35.7 Å². The highest BCUT2D eigenvalue weighted by Crippen LogP contribution is 2.48. The molecule has 1 N–H and O–H groups in total. The molecule has 0 spiro atoms. The van der Waals surface area contributed by atoms with Crippen LogP contribution in [-0.4, -0.2) is 30.6 Å². The molecule has 0 aliphatic carbocycles. The molecule has 1 fully saturated rings. The molecule has 3 rings (SSSR count). The first-order valence-electron chi connectivity index (χ1n) is 7.98. The van der Waals surface area contributed by atoms with Gasteiger partial charge in [0.15, 0.2) is 11.5 Å². The largest absolute Gasteiger partial charge is 0.493 e. The maximum Gasteiger partial charge on any atom is 0.419 e. The maximum absolute atomic E-state index is 13.7. The van der Waals surface area contributed by atoms with Crippen LogP contribution in [0.2, 0.25) is 0 Å². The summed E-state index contributed by atoms with van der Waals surface area (Å²) in [5.41, 5.74) is 0.129. The fourth-order valence-corrected chi connectivity index (χ4v) is 5.87. The topological polar surface area (TPSA) is 64.6 Å². The lowest BCUT2D eigenvalue weighted by atomic mass is 10.2. The first-order chi connectivity index (χ1) is 13.4. The molecule has 5 nitrogen and oxygen atoms in total. The van der Waals surface area contributed by atoms with Gasteiger partial charge in [-0.3, -0.25) is 10.1 Å². The minimum atomic E-state index is -1.24. The van der Waals surface area contributed by atoms with E-state index in [4.69, 9.17) is 9.47 Å². The Bertz CT molecular complexity index is 902. The van der Waals surface area contributed by atoms with Crippen LogP contribution in [0.25, 0.3) is 0 Å². The van der Waals surface area contributed by atoms with E-state index in [0.717, 1.165) is 35.3 Å². The first kappa shape index (κ1) is 20.9. The predicted molar refractivity (Wildman–Crippen MR) is 108 cm³/mol. The lowest BCUT2D eigenvalue weighted by Crippen LogP contribution is -2.34. The highest BCUT2D eigenvalue weighted by atomic mass is 79.9. The third kappa shape index (κ3) is 4.61. The molecule has 28 heavy (non-hydrogen) atoms. The smallest absolute Gasteiger partial charge is 0.419 e. The van der Waals surface area contributed by atoms with Gasteiger partial charge in [0, 0.05) is 11.5 Å². The molecule has 0 atom stereocenters. The Morgan fingerprint density at radius 3 is 2.43 bits per heavy atom. The van der Waals surface area contributed by atoms with Gasteiger partial charge in [0.05, 0.1) is 16.2 Å². The molecule has 2 aromatic carbocycles. The number of ether oxygens (including phenoxy) is 2. The van der Waals surface area contributed by atoms with Gasteiger partial charge in [0.25, 0.3) is 5.91 Å². The number of carbonyl (C=O) groups is 2. The van der Waals surface area contributed by atoms with Gasteiger partial charge < -0.3 is 9.47 Å². The molecule has 0 unspecified atom stereocenters. The second kappa shape index (κ2) is 9.15. The van der Waals surface area contributed by atoms with Crippen LogP contribution < -0.4 is 14.8 Å². The van der Waals surface area contributed by atoms with E-state index < -0.39 is 29.2 Å². The van der Waals surface area contributed by atoms with Gasteiger partial charge in [-0.1, -0.05) is 6.07 Å². The second-order valence-corrected chi connectivity index (χ2v) is 9.13. The zero-order valence-corrected chi connectivity index (χ0v) is 17.7. The highest BCUT2D eigenvalue weighted by Gasteiger charge is 2.24. The van der Waals surface area contributed by atoms with Crippen LogP contribution in [0.3, 0.4) is 0 Å².